The molecule has 2 aromatic heterocycles. The van der Waals surface area contributed by atoms with Crippen LogP contribution in [-0.2, 0) is 9.53 Å². The van der Waals surface area contributed by atoms with E-state index in [1.54, 1.807) is 48.1 Å². The Labute approximate surface area is 209 Å². The number of pyridine rings is 1. The lowest BCUT2D eigenvalue weighted by atomic mass is 9.96. The Kier molecular flexibility index (Phi) is 6.19. The molecular weight excluding hydrogens is 482 g/mol. The van der Waals surface area contributed by atoms with Crippen LogP contribution in [0.3, 0.4) is 0 Å². The second-order valence-corrected chi connectivity index (χ2v) is 9.45. The Morgan fingerprint density at radius 3 is 2.77 bits per heavy atom. The number of aromatic nitrogens is 2. The lowest BCUT2D eigenvalue weighted by molar-refractivity contribution is -0.138. The van der Waals surface area contributed by atoms with Crippen molar-refractivity contribution in [2.45, 2.75) is 13.0 Å². The van der Waals surface area contributed by atoms with Crippen LogP contribution in [0.1, 0.15) is 24.1 Å². The first-order valence-corrected chi connectivity index (χ1v) is 12.1. The first kappa shape index (κ1) is 23.0. The molecule has 8 heteroatoms. The summed E-state index contributed by atoms with van der Waals surface area (Å²) in [6.07, 6.45) is 6.87. The van der Waals surface area contributed by atoms with Gasteiger partial charge in [-0.15, -0.1) is 0 Å². The van der Waals surface area contributed by atoms with Crippen molar-refractivity contribution in [1.29, 1.82) is 0 Å². The number of nitrogens with zero attached hydrogens (tertiary/aromatic N) is 3. The van der Waals surface area contributed by atoms with E-state index in [0.29, 0.717) is 25.6 Å². The Morgan fingerprint density at radius 1 is 1.20 bits per heavy atom. The van der Waals surface area contributed by atoms with Gasteiger partial charge in [0.25, 0.3) is 5.56 Å². The van der Waals surface area contributed by atoms with Crippen molar-refractivity contribution in [1.82, 2.24) is 9.55 Å². The molecule has 1 atom stereocenters. The highest BCUT2D eigenvalue weighted by Gasteiger charge is 2.33. The van der Waals surface area contributed by atoms with Gasteiger partial charge in [-0.1, -0.05) is 59.9 Å². The number of carbonyl (C=O) groups is 1. The predicted octanol–water partition coefficient (Wildman–Crippen LogP) is 4.17. The first-order chi connectivity index (χ1) is 17.0. The number of esters is 1. The molecule has 0 bridgehead atoms. The third-order valence-corrected chi connectivity index (χ3v) is 6.96. The Hall–Kier alpha value is -3.81. The van der Waals surface area contributed by atoms with Crippen molar-refractivity contribution in [2.24, 2.45) is 4.99 Å². The molecule has 0 N–H and O–H groups in total. The second kappa shape index (κ2) is 9.44. The van der Waals surface area contributed by atoms with E-state index in [0.717, 1.165) is 21.9 Å². The van der Waals surface area contributed by atoms with Crippen LogP contribution in [0, 0.1) is 0 Å². The monoisotopic (exact) mass is 501 g/mol. The Bertz CT molecular complexity index is 1680. The maximum Gasteiger partial charge on any atom is 0.338 e. The molecule has 0 fully saturated rings. The summed E-state index contributed by atoms with van der Waals surface area (Å²) in [5.41, 5.74) is 2.19. The van der Waals surface area contributed by atoms with Gasteiger partial charge in [-0.2, -0.15) is 0 Å². The summed E-state index contributed by atoms with van der Waals surface area (Å²) >= 11 is 7.39. The average molecular weight is 502 g/mol. The molecule has 3 heterocycles. The van der Waals surface area contributed by atoms with Crippen molar-refractivity contribution < 1.29 is 9.53 Å². The summed E-state index contributed by atoms with van der Waals surface area (Å²) in [7, 11) is 0. The van der Waals surface area contributed by atoms with Crippen LogP contribution in [0.4, 0.5) is 0 Å². The molecule has 1 unspecified atom stereocenters. The third kappa shape index (κ3) is 4.36. The van der Waals surface area contributed by atoms with Crippen LogP contribution in [0.15, 0.2) is 94.6 Å². The van der Waals surface area contributed by atoms with E-state index in [1.165, 1.54) is 17.4 Å². The lowest BCUT2D eigenvalue weighted by Gasteiger charge is -2.24. The minimum Gasteiger partial charge on any atom is -0.458 e. The van der Waals surface area contributed by atoms with Crippen molar-refractivity contribution in [2.75, 3.05) is 6.61 Å². The largest absolute Gasteiger partial charge is 0.458 e. The smallest absolute Gasteiger partial charge is 0.338 e. The van der Waals surface area contributed by atoms with Gasteiger partial charge in [0, 0.05) is 22.8 Å². The highest BCUT2D eigenvalue weighted by Crippen LogP contribution is 2.31. The number of thiazole rings is 1. The molecular formula is C27H20ClN3O3S. The summed E-state index contributed by atoms with van der Waals surface area (Å²) in [5.74, 6) is -0.539. The van der Waals surface area contributed by atoms with Crippen LogP contribution in [0.25, 0.3) is 16.8 Å². The van der Waals surface area contributed by atoms with Gasteiger partial charge in [-0.3, -0.25) is 14.3 Å². The molecule has 4 aromatic rings. The minimum atomic E-state index is -0.691. The van der Waals surface area contributed by atoms with Crippen molar-refractivity contribution in [3.8, 4) is 0 Å². The lowest BCUT2D eigenvalue weighted by Crippen LogP contribution is -2.39. The van der Waals surface area contributed by atoms with Gasteiger partial charge in [0.05, 0.1) is 21.8 Å². The normalized spacial score (nSPS) is 15.6. The SMILES string of the molecule is C=CCOC(=O)C1=C(C)N=c2s/c(=C/c3ccc4ccncc4c3)c(=O)n2C1c1ccc(Cl)cc1. The minimum absolute atomic E-state index is 0.0597. The molecule has 2 aromatic carbocycles. The molecule has 0 radical (unpaired) electrons. The van der Waals surface area contributed by atoms with Crippen LogP contribution in [0.2, 0.25) is 5.02 Å². The van der Waals surface area contributed by atoms with Crippen LogP contribution in [-0.4, -0.2) is 22.1 Å². The number of hydrogen-bond acceptors (Lipinski definition) is 6. The zero-order valence-electron chi connectivity index (χ0n) is 18.8. The molecule has 35 heavy (non-hydrogen) atoms. The molecule has 6 nitrogen and oxygen atoms in total. The van der Waals surface area contributed by atoms with E-state index in [4.69, 9.17) is 16.3 Å². The number of hydrogen-bond donors (Lipinski definition) is 0. The van der Waals surface area contributed by atoms with Crippen molar-refractivity contribution >= 4 is 45.8 Å². The van der Waals surface area contributed by atoms with Gasteiger partial charge in [0.1, 0.15) is 6.61 Å². The van der Waals surface area contributed by atoms with Gasteiger partial charge in [-0.25, -0.2) is 9.79 Å². The fraction of sp³-hybridized carbons (Fsp3) is 0.111. The molecule has 5 rings (SSSR count). The number of rotatable bonds is 5. The second-order valence-electron chi connectivity index (χ2n) is 8.00. The van der Waals surface area contributed by atoms with Crippen molar-refractivity contribution in [3.63, 3.8) is 0 Å². The summed E-state index contributed by atoms with van der Waals surface area (Å²) in [4.78, 5) is 36.0. The number of ether oxygens (including phenoxy) is 1. The molecule has 0 aliphatic carbocycles. The molecule has 0 saturated carbocycles. The number of allylic oxidation sites excluding steroid dienone is 1. The molecule has 1 aliphatic heterocycles. The number of halogens is 1. The number of benzene rings is 2. The molecule has 0 amide bonds. The zero-order chi connectivity index (χ0) is 24.5. The van der Waals surface area contributed by atoms with E-state index in [9.17, 15) is 9.59 Å². The molecule has 0 spiro atoms. The third-order valence-electron chi connectivity index (χ3n) is 5.72. The molecule has 0 saturated heterocycles. The standard InChI is InChI=1S/C27H20ClN3O3S/c1-3-12-34-26(33)23-16(2)30-27-31(24(23)19-6-8-21(28)9-7-19)25(32)22(35-27)14-17-4-5-18-10-11-29-15-20(18)13-17/h3-11,13-15,24H,1,12H2,2H3/b22-14+. The summed E-state index contributed by atoms with van der Waals surface area (Å²) in [5, 5.41) is 2.61. The van der Waals surface area contributed by atoms with E-state index in [-0.39, 0.29) is 12.2 Å². The topological polar surface area (TPSA) is 73.6 Å². The average Bonchev–Trinajstić information content (AvgIpc) is 3.16. The fourth-order valence-corrected chi connectivity index (χ4v) is 5.27. The first-order valence-electron chi connectivity index (χ1n) is 10.9. The molecule has 1 aliphatic rings. The summed E-state index contributed by atoms with van der Waals surface area (Å²) in [6, 6.07) is 14.3. The predicted molar refractivity (Wildman–Crippen MR) is 138 cm³/mol. The highest BCUT2D eigenvalue weighted by molar-refractivity contribution is 7.07. The van der Waals surface area contributed by atoms with E-state index in [1.807, 2.05) is 30.3 Å². The van der Waals surface area contributed by atoms with Gasteiger partial charge < -0.3 is 4.74 Å². The van der Waals surface area contributed by atoms with Crippen LogP contribution < -0.4 is 14.9 Å². The van der Waals surface area contributed by atoms with Gasteiger partial charge in [-0.05, 0) is 53.8 Å². The van der Waals surface area contributed by atoms with Crippen molar-refractivity contribution in [3.05, 3.63) is 121 Å². The Balaban J connectivity index is 1.69. The Morgan fingerprint density at radius 2 is 2.00 bits per heavy atom. The van der Waals surface area contributed by atoms with Crippen LogP contribution >= 0.6 is 22.9 Å². The summed E-state index contributed by atoms with van der Waals surface area (Å²) < 4.78 is 7.42. The fourth-order valence-electron chi connectivity index (χ4n) is 4.10. The highest BCUT2D eigenvalue weighted by atomic mass is 35.5. The number of fused-ring (bicyclic) bond motifs is 2. The molecule has 174 valence electrons. The van der Waals surface area contributed by atoms with E-state index < -0.39 is 12.0 Å². The van der Waals surface area contributed by atoms with Gasteiger partial charge in [0.15, 0.2) is 4.80 Å². The zero-order valence-corrected chi connectivity index (χ0v) is 20.3. The summed E-state index contributed by atoms with van der Waals surface area (Å²) in [6.45, 7) is 5.41. The number of carbonyl (C=O) groups excluding carboxylic acids is 1. The maximum absolute atomic E-state index is 13.7. The van der Waals surface area contributed by atoms with E-state index in [2.05, 4.69) is 16.6 Å². The maximum atomic E-state index is 13.7. The quantitative estimate of drug-likeness (QED) is 0.304. The van der Waals surface area contributed by atoms with Gasteiger partial charge in [0.2, 0.25) is 0 Å². The van der Waals surface area contributed by atoms with Crippen LogP contribution in [0.5, 0.6) is 0 Å². The van der Waals surface area contributed by atoms with Gasteiger partial charge >= 0.3 is 5.97 Å². The van der Waals surface area contributed by atoms with E-state index >= 15 is 0 Å².